The summed E-state index contributed by atoms with van der Waals surface area (Å²) >= 11 is 3.11. The van der Waals surface area contributed by atoms with Crippen LogP contribution in [0, 0.1) is 12.7 Å². The quantitative estimate of drug-likeness (QED) is 0.725. The van der Waals surface area contributed by atoms with Crippen LogP contribution in [0.5, 0.6) is 0 Å². The van der Waals surface area contributed by atoms with Gasteiger partial charge in [0.25, 0.3) is 5.91 Å². The third kappa shape index (κ3) is 5.39. The largest absolute Gasteiger partial charge is 0.452 e. The maximum atomic E-state index is 13.7. The molecule has 6 heteroatoms. The van der Waals surface area contributed by atoms with E-state index in [-0.39, 0.29) is 11.6 Å². The first kappa shape index (κ1) is 19.1. The number of carbonyl (C=O) groups is 2. The zero-order valence-electron chi connectivity index (χ0n) is 14.0. The molecule has 0 heterocycles. The molecule has 1 atom stereocenters. The van der Waals surface area contributed by atoms with E-state index in [1.54, 1.807) is 0 Å². The Kier molecular flexibility index (Phi) is 6.70. The van der Waals surface area contributed by atoms with Gasteiger partial charge in [0.1, 0.15) is 5.82 Å². The van der Waals surface area contributed by atoms with E-state index in [0.717, 1.165) is 11.1 Å². The number of rotatable bonds is 6. The van der Waals surface area contributed by atoms with Gasteiger partial charge in [-0.1, -0.05) is 52.7 Å². The van der Waals surface area contributed by atoms with Crippen LogP contribution < -0.4 is 5.32 Å². The molecule has 2 rings (SSSR count). The van der Waals surface area contributed by atoms with E-state index in [0.29, 0.717) is 10.9 Å². The number of halogens is 2. The fourth-order valence-electron chi connectivity index (χ4n) is 2.32. The molecule has 0 unspecified atom stereocenters. The summed E-state index contributed by atoms with van der Waals surface area (Å²) in [7, 11) is 0. The Hall–Kier alpha value is -2.21. The van der Waals surface area contributed by atoms with Gasteiger partial charge in [-0.05, 0) is 37.1 Å². The van der Waals surface area contributed by atoms with Crippen LogP contribution in [-0.4, -0.2) is 18.5 Å². The van der Waals surface area contributed by atoms with Crippen molar-refractivity contribution < 1.29 is 18.7 Å². The number of hydrogen-bond donors (Lipinski definition) is 1. The minimum Gasteiger partial charge on any atom is -0.452 e. The Morgan fingerprint density at radius 2 is 1.88 bits per heavy atom. The molecule has 132 valence electrons. The second-order valence-corrected chi connectivity index (χ2v) is 6.56. The van der Waals surface area contributed by atoms with E-state index in [1.165, 1.54) is 18.2 Å². The summed E-state index contributed by atoms with van der Waals surface area (Å²) in [5, 5.41) is 2.82. The number of carbonyl (C=O) groups excluding carboxylic acids is 2. The van der Waals surface area contributed by atoms with Gasteiger partial charge in [0, 0.05) is 4.47 Å². The van der Waals surface area contributed by atoms with Crippen LogP contribution >= 0.6 is 15.9 Å². The van der Waals surface area contributed by atoms with Gasteiger partial charge in [-0.15, -0.1) is 0 Å². The summed E-state index contributed by atoms with van der Waals surface area (Å²) in [6.07, 6.45) is 0.698. The first-order valence-corrected chi connectivity index (χ1v) is 8.68. The average molecular weight is 408 g/mol. The van der Waals surface area contributed by atoms with Crippen molar-refractivity contribution in [3.63, 3.8) is 0 Å². The summed E-state index contributed by atoms with van der Waals surface area (Å²) in [5.74, 6) is -2.01. The number of nitrogens with one attached hydrogen (secondary N) is 1. The molecule has 0 fully saturated rings. The third-order valence-corrected chi connectivity index (χ3v) is 4.20. The highest BCUT2D eigenvalue weighted by molar-refractivity contribution is 9.10. The predicted octanol–water partition coefficient (Wildman–Crippen LogP) is 4.32. The lowest BCUT2D eigenvalue weighted by molar-refractivity contribution is -0.125. The zero-order chi connectivity index (χ0) is 18.4. The van der Waals surface area contributed by atoms with Crippen LogP contribution in [0.4, 0.5) is 4.39 Å². The number of ether oxygens (including phenoxy) is 1. The van der Waals surface area contributed by atoms with Crippen LogP contribution in [0.15, 0.2) is 46.9 Å². The van der Waals surface area contributed by atoms with E-state index in [9.17, 15) is 14.0 Å². The van der Waals surface area contributed by atoms with E-state index < -0.39 is 24.3 Å². The highest BCUT2D eigenvalue weighted by Gasteiger charge is 2.17. The molecule has 0 aliphatic rings. The normalized spacial score (nSPS) is 11.7. The maximum Gasteiger partial charge on any atom is 0.341 e. The van der Waals surface area contributed by atoms with Crippen LogP contribution in [-0.2, 0) is 9.53 Å². The van der Waals surface area contributed by atoms with Crippen LogP contribution in [0.2, 0.25) is 0 Å². The standard InChI is InChI=1S/C19H19BrFNO3/c1-3-17(13-6-4-12(2)5-7-13)22-18(23)11-25-19(24)15-9-8-14(20)10-16(15)21/h4-10,17H,3,11H2,1-2H3,(H,22,23)/t17-/m0/s1. The number of aryl methyl sites for hydroxylation is 1. The summed E-state index contributed by atoms with van der Waals surface area (Å²) < 4.78 is 19.1. The fraction of sp³-hybridized carbons (Fsp3) is 0.263. The molecule has 0 saturated heterocycles. The van der Waals surface area contributed by atoms with Crippen molar-refractivity contribution in [1.82, 2.24) is 5.32 Å². The molecule has 25 heavy (non-hydrogen) atoms. The van der Waals surface area contributed by atoms with Crippen molar-refractivity contribution in [3.8, 4) is 0 Å². The van der Waals surface area contributed by atoms with Crippen molar-refractivity contribution >= 4 is 27.8 Å². The predicted molar refractivity (Wildman–Crippen MR) is 96.7 cm³/mol. The Morgan fingerprint density at radius 1 is 1.20 bits per heavy atom. The molecule has 4 nitrogen and oxygen atoms in total. The smallest absolute Gasteiger partial charge is 0.341 e. The Morgan fingerprint density at radius 3 is 2.48 bits per heavy atom. The molecule has 0 saturated carbocycles. The first-order valence-electron chi connectivity index (χ1n) is 7.88. The molecule has 0 bridgehead atoms. The minimum atomic E-state index is -0.872. The lowest BCUT2D eigenvalue weighted by atomic mass is 10.0. The maximum absolute atomic E-state index is 13.7. The zero-order valence-corrected chi connectivity index (χ0v) is 15.6. The molecule has 2 aromatic rings. The highest BCUT2D eigenvalue weighted by atomic mass is 79.9. The number of benzene rings is 2. The number of esters is 1. The molecule has 0 aliphatic carbocycles. The summed E-state index contributed by atoms with van der Waals surface area (Å²) in [6, 6.07) is 11.7. The van der Waals surface area contributed by atoms with Gasteiger partial charge in [0.05, 0.1) is 11.6 Å². The van der Waals surface area contributed by atoms with Gasteiger partial charge in [0.2, 0.25) is 0 Å². The molecule has 1 amide bonds. The van der Waals surface area contributed by atoms with E-state index in [2.05, 4.69) is 21.2 Å². The monoisotopic (exact) mass is 407 g/mol. The SMILES string of the molecule is CC[C@H](NC(=O)COC(=O)c1ccc(Br)cc1F)c1ccc(C)cc1. The molecule has 0 radical (unpaired) electrons. The minimum absolute atomic E-state index is 0.170. The highest BCUT2D eigenvalue weighted by Crippen LogP contribution is 2.18. The molecule has 2 aromatic carbocycles. The molecular weight excluding hydrogens is 389 g/mol. The van der Waals surface area contributed by atoms with Crippen molar-refractivity contribution in [3.05, 3.63) is 69.4 Å². The lowest BCUT2D eigenvalue weighted by Crippen LogP contribution is -2.32. The van der Waals surface area contributed by atoms with E-state index >= 15 is 0 Å². The van der Waals surface area contributed by atoms with Crippen molar-refractivity contribution in [2.24, 2.45) is 0 Å². The topological polar surface area (TPSA) is 55.4 Å². The van der Waals surface area contributed by atoms with Gasteiger partial charge in [0.15, 0.2) is 6.61 Å². The van der Waals surface area contributed by atoms with Crippen LogP contribution in [0.25, 0.3) is 0 Å². The van der Waals surface area contributed by atoms with Gasteiger partial charge in [-0.3, -0.25) is 4.79 Å². The second-order valence-electron chi connectivity index (χ2n) is 5.64. The fourth-order valence-corrected chi connectivity index (χ4v) is 2.65. The van der Waals surface area contributed by atoms with Crippen molar-refractivity contribution in [2.45, 2.75) is 26.3 Å². The van der Waals surface area contributed by atoms with E-state index in [4.69, 9.17) is 4.74 Å². The molecule has 0 aliphatic heterocycles. The van der Waals surface area contributed by atoms with Crippen molar-refractivity contribution in [2.75, 3.05) is 6.61 Å². The second kappa shape index (κ2) is 8.76. The van der Waals surface area contributed by atoms with Crippen LogP contribution in [0.1, 0.15) is 40.9 Å². The molecular formula is C19H19BrFNO3. The number of hydrogen-bond acceptors (Lipinski definition) is 3. The Balaban J connectivity index is 1.92. The van der Waals surface area contributed by atoms with Gasteiger partial charge < -0.3 is 10.1 Å². The van der Waals surface area contributed by atoms with Gasteiger partial charge >= 0.3 is 5.97 Å². The van der Waals surface area contributed by atoms with Crippen molar-refractivity contribution in [1.29, 1.82) is 0 Å². The van der Waals surface area contributed by atoms with E-state index in [1.807, 2.05) is 38.1 Å². The Bertz CT molecular complexity index is 762. The van der Waals surface area contributed by atoms with Crippen LogP contribution in [0.3, 0.4) is 0 Å². The average Bonchev–Trinajstić information content (AvgIpc) is 2.58. The van der Waals surface area contributed by atoms with Gasteiger partial charge in [-0.2, -0.15) is 0 Å². The third-order valence-electron chi connectivity index (χ3n) is 3.71. The summed E-state index contributed by atoms with van der Waals surface area (Å²) in [4.78, 5) is 23.9. The number of amides is 1. The Labute approximate surface area is 154 Å². The molecule has 1 N–H and O–H groups in total. The lowest BCUT2D eigenvalue weighted by Gasteiger charge is -2.17. The summed E-state index contributed by atoms with van der Waals surface area (Å²) in [6.45, 7) is 3.48. The van der Waals surface area contributed by atoms with Gasteiger partial charge in [-0.25, -0.2) is 9.18 Å². The molecule has 0 aromatic heterocycles. The first-order chi connectivity index (χ1) is 11.9. The molecule has 0 spiro atoms. The summed E-state index contributed by atoms with van der Waals surface area (Å²) in [5.41, 5.74) is 1.91.